The van der Waals surface area contributed by atoms with Gasteiger partial charge in [0.05, 0.1) is 5.71 Å². The molecule has 0 spiro atoms. The minimum Gasteiger partial charge on any atom is -0.287 e. The zero-order valence-electron chi connectivity index (χ0n) is 8.72. The summed E-state index contributed by atoms with van der Waals surface area (Å²) >= 11 is 0. The maximum atomic E-state index is 10.2. The lowest BCUT2D eigenvalue weighted by Crippen LogP contribution is -2.10. The highest BCUT2D eigenvalue weighted by atomic mass is 16.6. The summed E-state index contributed by atoms with van der Waals surface area (Å²) in [5, 5.41) is 10.2. The van der Waals surface area contributed by atoms with Crippen LogP contribution < -0.4 is 0 Å². The van der Waals surface area contributed by atoms with Crippen molar-refractivity contribution in [2.45, 2.75) is 13.3 Å². The van der Waals surface area contributed by atoms with E-state index in [1.165, 1.54) is 5.56 Å². The highest BCUT2D eigenvalue weighted by Crippen LogP contribution is 1.99. The third-order valence-electron chi connectivity index (χ3n) is 1.98. The summed E-state index contributed by atoms with van der Waals surface area (Å²) in [7, 11) is 0. The number of aliphatic imine (C=N–C) groups is 1. The summed E-state index contributed by atoms with van der Waals surface area (Å²) in [5.41, 5.74) is 1.78. The quantitative estimate of drug-likeness (QED) is 0.420. The van der Waals surface area contributed by atoms with Crippen molar-refractivity contribution in [2.75, 3.05) is 13.1 Å². The summed E-state index contributed by atoms with van der Waals surface area (Å²) < 4.78 is 0. The predicted octanol–water partition coefficient (Wildman–Crippen LogP) is 1.97. The minimum atomic E-state index is -0.360. The van der Waals surface area contributed by atoms with Crippen LogP contribution >= 0.6 is 0 Å². The SMILES string of the molecule is CC(C[N+](=O)[O-])=NCCc1ccccc1. The Labute approximate surface area is 88.8 Å². The van der Waals surface area contributed by atoms with Gasteiger partial charge in [-0.15, -0.1) is 0 Å². The van der Waals surface area contributed by atoms with Gasteiger partial charge in [0, 0.05) is 11.5 Å². The Bertz CT molecular complexity index is 347. The monoisotopic (exact) mass is 206 g/mol. The maximum Gasteiger partial charge on any atom is 0.241 e. The zero-order valence-corrected chi connectivity index (χ0v) is 8.72. The average molecular weight is 206 g/mol. The normalized spacial score (nSPS) is 11.4. The van der Waals surface area contributed by atoms with Gasteiger partial charge in [-0.25, -0.2) is 0 Å². The van der Waals surface area contributed by atoms with E-state index < -0.39 is 0 Å². The van der Waals surface area contributed by atoms with Gasteiger partial charge in [-0.05, 0) is 18.9 Å². The van der Waals surface area contributed by atoms with E-state index in [0.29, 0.717) is 12.3 Å². The Morgan fingerprint density at radius 3 is 2.67 bits per heavy atom. The van der Waals surface area contributed by atoms with Crippen LogP contribution in [-0.2, 0) is 6.42 Å². The molecular formula is C11H14N2O2. The summed E-state index contributed by atoms with van der Waals surface area (Å²) in [6.45, 7) is 2.15. The molecule has 0 fully saturated rings. The van der Waals surface area contributed by atoms with Crippen LogP contribution in [0.2, 0.25) is 0 Å². The number of hydrogen-bond donors (Lipinski definition) is 0. The van der Waals surface area contributed by atoms with Gasteiger partial charge in [0.1, 0.15) is 0 Å². The van der Waals surface area contributed by atoms with E-state index in [-0.39, 0.29) is 11.5 Å². The van der Waals surface area contributed by atoms with Crippen LogP contribution in [0.1, 0.15) is 12.5 Å². The molecule has 1 rings (SSSR count). The Morgan fingerprint density at radius 2 is 2.07 bits per heavy atom. The van der Waals surface area contributed by atoms with Crippen LogP contribution in [0.5, 0.6) is 0 Å². The largest absolute Gasteiger partial charge is 0.287 e. The van der Waals surface area contributed by atoms with Crippen molar-refractivity contribution in [3.8, 4) is 0 Å². The lowest BCUT2D eigenvalue weighted by molar-refractivity contribution is -0.463. The number of hydrogen-bond acceptors (Lipinski definition) is 3. The van der Waals surface area contributed by atoms with Crippen LogP contribution in [0, 0.1) is 10.1 Å². The van der Waals surface area contributed by atoms with Gasteiger partial charge in [0.2, 0.25) is 6.54 Å². The molecule has 4 heteroatoms. The molecule has 0 heterocycles. The molecule has 0 unspecified atom stereocenters. The molecule has 15 heavy (non-hydrogen) atoms. The second-order valence-electron chi connectivity index (χ2n) is 3.34. The second kappa shape index (κ2) is 5.90. The molecule has 0 amide bonds. The van der Waals surface area contributed by atoms with E-state index in [1.807, 2.05) is 30.3 Å². The van der Waals surface area contributed by atoms with Gasteiger partial charge in [-0.3, -0.25) is 15.1 Å². The van der Waals surface area contributed by atoms with Crippen molar-refractivity contribution in [3.63, 3.8) is 0 Å². The van der Waals surface area contributed by atoms with E-state index in [4.69, 9.17) is 0 Å². The van der Waals surface area contributed by atoms with Crippen LogP contribution in [0.15, 0.2) is 35.3 Å². The van der Waals surface area contributed by atoms with Crippen molar-refractivity contribution in [1.82, 2.24) is 0 Å². The fraction of sp³-hybridized carbons (Fsp3) is 0.364. The summed E-state index contributed by atoms with van der Waals surface area (Å²) in [5.74, 6) is 0. The molecule has 1 aromatic rings. The Balaban J connectivity index is 2.35. The van der Waals surface area contributed by atoms with Gasteiger partial charge < -0.3 is 0 Å². The first-order valence-electron chi connectivity index (χ1n) is 4.84. The van der Waals surface area contributed by atoms with Gasteiger partial charge in [0.25, 0.3) is 0 Å². The summed E-state index contributed by atoms with van der Waals surface area (Å²) in [4.78, 5) is 13.9. The van der Waals surface area contributed by atoms with E-state index in [9.17, 15) is 10.1 Å². The number of nitrogens with zero attached hydrogens (tertiary/aromatic N) is 2. The second-order valence-corrected chi connectivity index (χ2v) is 3.34. The van der Waals surface area contributed by atoms with Crippen LogP contribution in [0.25, 0.3) is 0 Å². The lowest BCUT2D eigenvalue weighted by atomic mass is 10.1. The van der Waals surface area contributed by atoms with Gasteiger partial charge in [-0.1, -0.05) is 30.3 Å². The zero-order chi connectivity index (χ0) is 11.1. The average Bonchev–Trinajstić information content (AvgIpc) is 2.18. The third kappa shape index (κ3) is 4.90. The molecule has 0 aliphatic heterocycles. The fourth-order valence-corrected chi connectivity index (χ4v) is 1.26. The van der Waals surface area contributed by atoms with Crippen LogP contribution in [0.4, 0.5) is 0 Å². The highest BCUT2D eigenvalue weighted by molar-refractivity contribution is 5.82. The van der Waals surface area contributed by atoms with Gasteiger partial charge >= 0.3 is 0 Å². The molecular weight excluding hydrogens is 192 g/mol. The van der Waals surface area contributed by atoms with E-state index in [2.05, 4.69) is 4.99 Å². The molecule has 0 atom stereocenters. The van der Waals surface area contributed by atoms with Crippen LogP contribution in [0.3, 0.4) is 0 Å². The number of benzene rings is 1. The van der Waals surface area contributed by atoms with Crippen LogP contribution in [-0.4, -0.2) is 23.7 Å². The van der Waals surface area contributed by atoms with E-state index >= 15 is 0 Å². The number of nitro groups is 1. The molecule has 0 aromatic heterocycles. The first-order valence-corrected chi connectivity index (χ1v) is 4.84. The summed E-state index contributed by atoms with van der Waals surface area (Å²) in [6, 6.07) is 9.97. The van der Waals surface area contributed by atoms with Crippen molar-refractivity contribution >= 4 is 5.71 Å². The molecule has 0 aliphatic rings. The molecule has 80 valence electrons. The fourth-order valence-electron chi connectivity index (χ4n) is 1.26. The Morgan fingerprint density at radius 1 is 1.40 bits per heavy atom. The van der Waals surface area contributed by atoms with E-state index in [0.717, 1.165) is 6.42 Å². The minimum absolute atomic E-state index is 0.158. The maximum absolute atomic E-state index is 10.2. The van der Waals surface area contributed by atoms with Gasteiger partial charge in [0.15, 0.2) is 0 Å². The summed E-state index contributed by atoms with van der Waals surface area (Å²) in [6.07, 6.45) is 0.829. The predicted molar refractivity (Wildman–Crippen MR) is 60.0 cm³/mol. The van der Waals surface area contributed by atoms with Crippen molar-refractivity contribution in [3.05, 3.63) is 46.0 Å². The first kappa shape index (κ1) is 11.4. The Hall–Kier alpha value is -1.71. The molecule has 0 saturated heterocycles. The van der Waals surface area contributed by atoms with Crippen molar-refractivity contribution < 1.29 is 4.92 Å². The molecule has 0 aliphatic carbocycles. The molecule has 1 aromatic carbocycles. The first-order chi connectivity index (χ1) is 7.18. The smallest absolute Gasteiger partial charge is 0.241 e. The van der Waals surface area contributed by atoms with Gasteiger partial charge in [-0.2, -0.15) is 0 Å². The molecule has 0 bridgehead atoms. The number of rotatable bonds is 5. The van der Waals surface area contributed by atoms with Crippen molar-refractivity contribution in [2.24, 2.45) is 4.99 Å². The molecule has 0 N–H and O–H groups in total. The van der Waals surface area contributed by atoms with Crippen molar-refractivity contribution in [1.29, 1.82) is 0 Å². The lowest BCUT2D eigenvalue weighted by Gasteiger charge is -1.98. The molecule has 0 saturated carbocycles. The molecule has 4 nitrogen and oxygen atoms in total. The third-order valence-corrected chi connectivity index (χ3v) is 1.98. The standard InChI is InChI=1S/C11H14N2O2/c1-10(9-13(14)15)12-8-7-11-5-3-2-4-6-11/h2-6H,7-9H2,1H3. The topological polar surface area (TPSA) is 55.5 Å². The van der Waals surface area contributed by atoms with E-state index in [1.54, 1.807) is 6.92 Å². The molecule has 0 radical (unpaired) electrons. The Kier molecular flexibility index (Phi) is 4.47. The highest BCUT2D eigenvalue weighted by Gasteiger charge is 1.99.